The van der Waals surface area contributed by atoms with E-state index in [2.05, 4.69) is 6.92 Å². The molecule has 0 aromatic rings. The third-order valence-electron chi connectivity index (χ3n) is 1.40. The first-order valence-electron chi connectivity index (χ1n) is 2.78. The Bertz CT molecular complexity index is 105. The molecule has 0 aliphatic carbocycles. The van der Waals surface area contributed by atoms with E-state index in [4.69, 9.17) is 0 Å². The molecule has 0 saturated carbocycles. The molecule has 0 aromatic carbocycles. The van der Waals surface area contributed by atoms with Crippen molar-refractivity contribution in [2.75, 3.05) is 13.1 Å². The van der Waals surface area contributed by atoms with Crippen LogP contribution in [0.5, 0.6) is 0 Å². The van der Waals surface area contributed by atoms with Crippen LogP contribution in [-0.2, 0) is 4.79 Å². The standard InChI is InChI=1S/C6H10NO/c1-5-3-7(4-5)6(2)8/h5H,1,3-4H2,2H3. The SMILES string of the molecule is [CH2]C1CN(C(C)=O)C1. The Morgan fingerprint density at radius 1 is 1.75 bits per heavy atom. The topological polar surface area (TPSA) is 20.3 Å². The molecule has 1 aliphatic rings. The van der Waals surface area contributed by atoms with Gasteiger partial charge in [0.15, 0.2) is 0 Å². The first-order chi connectivity index (χ1) is 3.70. The van der Waals surface area contributed by atoms with E-state index in [0.717, 1.165) is 13.1 Å². The summed E-state index contributed by atoms with van der Waals surface area (Å²) in [7, 11) is 0. The zero-order valence-corrected chi connectivity index (χ0v) is 5.05. The molecule has 1 aliphatic heterocycles. The smallest absolute Gasteiger partial charge is 0.219 e. The highest BCUT2D eigenvalue weighted by Crippen LogP contribution is 2.12. The van der Waals surface area contributed by atoms with Gasteiger partial charge in [-0.2, -0.15) is 0 Å². The summed E-state index contributed by atoms with van der Waals surface area (Å²) >= 11 is 0. The minimum absolute atomic E-state index is 0.171. The average Bonchev–Trinajstić information content (AvgIpc) is 1.57. The summed E-state index contributed by atoms with van der Waals surface area (Å²) in [4.78, 5) is 12.3. The van der Waals surface area contributed by atoms with Crippen LogP contribution in [0.2, 0.25) is 0 Å². The van der Waals surface area contributed by atoms with Gasteiger partial charge in [0.05, 0.1) is 0 Å². The number of rotatable bonds is 0. The van der Waals surface area contributed by atoms with E-state index in [1.165, 1.54) is 0 Å². The van der Waals surface area contributed by atoms with Crippen LogP contribution < -0.4 is 0 Å². The van der Waals surface area contributed by atoms with Crippen molar-refractivity contribution in [1.82, 2.24) is 4.90 Å². The molecular weight excluding hydrogens is 102 g/mol. The predicted octanol–water partition coefficient (Wildman–Crippen LogP) is 0.299. The van der Waals surface area contributed by atoms with Gasteiger partial charge in [-0.25, -0.2) is 0 Å². The summed E-state index contributed by atoms with van der Waals surface area (Å²) in [5.41, 5.74) is 0. The highest BCUT2D eigenvalue weighted by molar-refractivity contribution is 5.74. The Morgan fingerprint density at radius 2 is 2.25 bits per heavy atom. The maximum atomic E-state index is 10.5. The maximum absolute atomic E-state index is 10.5. The third-order valence-corrected chi connectivity index (χ3v) is 1.40. The number of hydrogen-bond donors (Lipinski definition) is 0. The van der Waals surface area contributed by atoms with Gasteiger partial charge in [0.1, 0.15) is 0 Å². The normalized spacial score (nSPS) is 20.5. The Morgan fingerprint density at radius 3 is 2.38 bits per heavy atom. The molecule has 0 N–H and O–H groups in total. The van der Waals surface area contributed by atoms with Gasteiger partial charge in [-0.05, 0) is 12.8 Å². The van der Waals surface area contributed by atoms with Crippen molar-refractivity contribution >= 4 is 5.91 Å². The van der Waals surface area contributed by atoms with Crippen molar-refractivity contribution < 1.29 is 4.79 Å². The Labute approximate surface area is 49.5 Å². The number of nitrogens with zero attached hydrogens (tertiary/aromatic N) is 1. The van der Waals surface area contributed by atoms with Crippen molar-refractivity contribution in [3.05, 3.63) is 6.92 Å². The molecule has 2 heteroatoms. The molecule has 1 rings (SSSR count). The first kappa shape index (κ1) is 5.60. The van der Waals surface area contributed by atoms with Crippen LogP contribution in [0.25, 0.3) is 0 Å². The van der Waals surface area contributed by atoms with Crippen LogP contribution in [0.15, 0.2) is 0 Å². The fourth-order valence-electron chi connectivity index (χ4n) is 0.827. The molecule has 1 saturated heterocycles. The van der Waals surface area contributed by atoms with E-state index in [-0.39, 0.29) is 5.91 Å². The summed E-state index contributed by atoms with van der Waals surface area (Å²) in [5, 5.41) is 0. The number of hydrogen-bond acceptors (Lipinski definition) is 1. The highest BCUT2D eigenvalue weighted by Gasteiger charge is 2.23. The number of carbonyl (C=O) groups excluding carboxylic acids is 1. The fraction of sp³-hybridized carbons (Fsp3) is 0.667. The molecule has 0 aromatic heterocycles. The molecule has 8 heavy (non-hydrogen) atoms. The van der Waals surface area contributed by atoms with Gasteiger partial charge < -0.3 is 4.90 Å². The van der Waals surface area contributed by atoms with Crippen molar-refractivity contribution in [2.24, 2.45) is 5.92 Å². The summed E-state index contributed by atoms with van der Waals surface area (Å²) in [5.74, 6) is 0.656. The summed E-state index contributed by atoms with van der Waals surface area (Å²) in [6, 6.07) is 0. The van der Waals surface area contributed by atoms with Gasteiger partial charge in [0.25, 0.3) is 0 Å². The lowest BCUT2D eigenvalue weighted by atomic mass is 10.0. The molecule has 0 bridgehead atoms. The zero-order valence-electron chi connectivity index (χ0n) is 5.05. The average molecular weight is 112 g/mol. The predicted molar refractivity (Wildman–Crippen MR) is 31.1 cm³/mol. The van der Waals surface area contributed by atoms with Crippen LogP contribution in [0, 0.1) is 12.8 Å². The van der Waals surface area contributed by atoms with Crippen LogP contribution in [-0.4, -0.2) is 23.9 Å². The summed E-state index contributed by atoms with van der Waals surface area (Å²) < 4.78 is 0. The third kappa shape index (κ3) is 0.831. The van der Waals surface area contributed by atoms with E-state index in [0.29, 0.717) is 5.92 Å². The molecule has 0 spiro atoms. The number of likely N-dealkylation sites (tertiary alicyclic amines) is 1. The quantitative estimate of drug-likeness (QED) is 0.441. The maximum Gasteiger partial charge on any atom is 0.219 e. The van der Waals surface area contributed by atoms with E-state index in [1.807, 2.05) is 0 Å². The van der Waals surface area contributed by atoms with Gasteiger partial charge in [-0.1, -0.05) is 0 Å². The van der Waals surface area contributed by atoms with Gasteiger partial charge in [0, 0.05) is 20.0 Å². The van der Waals surface area contributed by atoms with Crippen molar-refractivity contribution in [3.63, 3.8) is 0 Å². The lowest BCUT2D eigenvalue weighted by Crippen LogP contribution is -2.47. The van der Waals surface area contributed by atoms with E-state index >= 15 is 0 Å². The van der Waals surface area contributed by atoms with Crippen molar-refractivity contribution in [2.45, 2.75) is 6.92 Å². The monoisotopic (exact) mass is 112 g/mol. The van der Waals surface area contributed by atoms with E-state index in [9.17, 15) is 4.79 Å². The molecule has 1 fully saturated rings. The minimum atomic E-state index is 0.171. The highest BCUT2D eigenvalue weighted by atomic mass is 16.2. The molecular formula is C6H10NO. The lowest BCUT2D eigenvalue weighted by molar-refractivity contribution is -0.133. The summed E-state index contributed by atoms with van der Waals surface area (Å²) in [6.45, 7) is 7.08. The second kappa shape index (κ2) is 1.77. The largest absolute Gasteiger partial charge is 0.342 e. The number of amides is 1. The van der Waals surface area contributed by atoms with Crippen LogP contribution in [0.1, 0.15) is 6.92 Å². The van der Waals surface area contributed by atoms with Crippen LogP contribution >= 0.6 is 0 Å². The molecule has 45 valence electrons. The lowest BCUT2D eigenvalue weighted by Gasteiger charge is -2.36. The molecule has 1 amide bonds. The second-order valence-electron chi connectivity index (χ2n) is 2.29. The van der Waals surface area contributed by atoms with Crippen LogP contribution in [0.4, 0.5) is 0 Å². The number of carbonyl (C=O) groups is 1. The Hall–Kier alpha value is -0.530. The zero-order chi connectivity index (χ0) is 6.15. The summed E-state index contributed by atoms with van der Waals surface area (Å²) in [6.07, 6.45) is 0. The van der Waals surface area contributed by atoms with Gasteiger partial charge in [0.2, 0.25) is 5.91 Å². The Balaban J connectivity index is 2.25. The van der Waals surface area contributed by atoms with E-state index in [1.54, 1.807) is 11.8 Å². The molecule has 0 atom stereocenters. The minimum Gasteiger partial charge on any atom is -0.342 e. The molecule has 1 heterocycles. The Kier molecular flexibility index (Phi) is 1.24. The molecule has 0 unspecified atom stereocenters. The van der Waals surface area contributed by atoms with Gasteiger partial charge in [-0.15, -0.1) is 0 Å². The molecule has 1 radical (unpaired) electrons. The second-order valence-corrected chi connectivity index (χ2v) is 2.29. The first-order valence-corrected chi connectivity index (χ1v) is 2.78. The van der Waals surface area contributed by atoms with E-state index < -0.39 is 0 Å². The van der Waals surface area contributed by atoms with Gasteiger partial charge >= 0.3 is 0 Å². The fourth-order valence-corrected chi connectivity index (χ4v) is 0.827. The van der Waals surface area contributed by atoms with Crippen molar-refractivity contribution in [1.29, 1.82) is 0 Å². The van der Waals surface area contributed by atoms with Gasteiger partial charge in [-0.3, -0.25) is 4.79 Å². The molecule has 2 nitrogen and oxygen atoms in total. The van der Waals surface area contributed by atoms with Crippen LogP contribution in [0.3, 0.4) is 0 Å². The van der Waals surface area contributed by atoms with Crippen molar-refractivity contribution in [3.8, 4) is 0 Å².